The van der Waals surface area contributed by atoms with Gasteiger partial charge < -0.3 is 10.1 Å². The fraction of sp³-hybridized carbons (Fsp3) is 0.0455. The number of hydrogen-bond donors (Lipinski definition) is 1. The predicted molar refractivity (Wildman–Crippen MR) is 102 cm³/mol. The third-order valence-electron chi connectivity index (χ3n) is 3.80. The van der Waals surface area contributed by atoms with Crippen LogP contribution >= 0.6 is 0 Å². The fourth-order valence-electron chi connectivity index (χ4n) is 2.42. The average molecular weight is 329 g/mol. The Morgan fingerprint density at radius 2 is 1.32 bits per heavy atom. The Morgan fingerprint density at radius 3 is 1.84 bits per heavy atom. The molecular weight excluding hydrogens is 310 g/mol. The second-order valence-corrected chi connectivity index (χ2v) is 5.72. The van der Waals surface area contributed by atoms with Gasteiger partial charge in [-0.05, 0) is 54.4 Å². The maximum absolute atomic E-state index is 11.2. The number of anilines is 2. The Kier molecular flexibility index (Phi) is 4.95. The molecule has 0 fully saturated rings. The molecule has 0 aliphatic carbocycles. The first-order valence-corrected chi connectivity index (χ1v) is 8.02. The third kappa shape index (κ3) is 4.36. The van der Waals surface area contributed by atoms with Gasteiger partial charge in [0.25, 0.3) is 0 Å². The zero-order chi connectivity index (χ0) is 17.6. The lowest BCUT2D eigenvalue weighted by Gasteiger charge is -2.09. The Balaban J connectivity index is 1.70. The van der Waals surface area contributed by atoms with Crippen molar-refractivity contribution in [3.63, 3.8) is 0 Å². The summed E-state index contributed by atoms with van der Waals surface area (Å²) in [5, 5.41) is 3.38. The summed E-state index contributed by atoms with van der Waals surface area (Å²) in [6.45, 7) is 5.46. The van der Waals surface area contributed by atoms with Gasteiger partial charge in [0.1, 0.15) is 5.75 Å². The van der Waals surface area contributed by atoms with Crippen LogP contribution in [-0.4, -0.2) is 5.97 Å². The van der Waals surface area contributed by atoms with Crippen LogP contribution in [-0.2, 0) is 4.79 Å². The number of benzene rings is 3. The summed E-state index contributed by atoms with van der Waals surface area (Å²) in [6.07, 6.45) is 1.15. The van der Waals surface area contributed by atoms with Crippen molar-refractivity contribution >= 4 is 17.3 Å². The monoisotopic (exact) mass is 329 g/mol. The summed E-state index contributed by atoms with van der Waals surface area (Å²) in [7, 11) is 0. The van der Waals surface area contributed by atoms with Crippen molar-refractivity contribution in [1.29, 1.82) is 0 Å². The lowest BCUT2D eigenvalue weighted by molar-refractivity contribution is -0.128. The minimum Gasteiger partial charge on any atom is -0.423 e. The van der Waals surface area contributed by atoms with Crippen molar-refractivity contribution in [1.82, 2.24) is 0 Å². The lowest BCUT2D eigenvalue weighted by Crippen LogP contribution is -2.02. The normalized spacial score (nSPS) is 10.1. The molecule has 0 radical (unpaired) electrons. The van der Waals surface area contributed by atoms with Gasteiger partial charge in [0.05, 0.1) is 0 Å². The van der Waals surface area contributed by atoms with Crippen LogP contribution in [0.5, 0.6) is 5.75 Å². The third-order valence-corrected chi connectivity index (χ3v) is 3.80. The van der Waals surface area contributed by atoms with Crippen molar-refractivity contribution in [3.8, 4) is 16.9 Å². The van der Waals surface area contributed by atoms with Crippen LogP contribution in [0, 0.1) is 6.92 Å². The molecule has 0 bridgehead atoms. The van der Waals surface area contributed by atoms with E-state index in [1.165, 1.54) is 5.56 Å². The summed E-state index contributed by atoms with van der Waals surface area (Å²) in [5.74, 6) is 0.0468. The van der Waals surface area contributed by atoms with E-state index >= 15 is 0 Å². The van der Waals surface area contributed by atoms with Gasteiger partial charge >= 0.3 is 5.97 Å². The van der Waals surface area contributed by atoms with E-state index in [0.29, 0.717) is 5.75 Å². The number of carbonyl (C=O) groups is 1. The largest absolute Gasteiger partial charge is 0.423 e. The molecule has 0 aromatic heterocycles. The summed E-state index contributed by atoms with van der Waals surface area (Å²) in [4.78, 5) is 11.2. The molecule has 3 aromatic rings. The molecule has 3 rings (SSSR count). The van der Waals surface area contributed by atoms with Crippen LogP contribution in [0.4, 0.5) is 11.4 Å². The number of esters is 1. The van der Waals surface area contributed by atoms with Crippen LogP contribution in [0.2, 0.25) is 0 Å². The standard InChI is InChI=1S/C22H19NO2/c1-3-22(24)25-21-14-8-18(9-15-21)17-6-12-20(13-7-17)23-19-10-4-16(2)5-11-19/h3-15,23H,1H2,2H3. The second-order valence-electron chi connectivity index (χ2n) is 5.72. The molecule has 0 heterocycles. The molecule has 1 N–H and O–H groups in total. The van der Waals surface area contributed by atoms with Gasteiger partial charge in [-0.25, -0.2) is 4.79 Å². The van der Waals surface area contributed by atoms with E-state index in [9.17, 15) is 4.79 Å². The summed E-state index contributed by atoms with van der Waals surface area (Å²) in [5.41, 5.74) is 5.48. The van der Waals surface area contributed by atoms with Gasteiger partial charge in [0.15, 0.2) is 0 Å². The predicted octanol–water partition coefficient (Wildman–Crippen LogP) is 5.50. The minimum atomic E-state index is -0.459. The molecule has 0 atom stereocenters. The summed E-state index contributed by atoms with van der Waals surface area (Å²) >= 11 is 0. The molecule has 0 aliphatic heterocycles. The van der Waals surface area contributed by atoms with Crippen molar-refractivity contribution < 1.29 is 9.53 Å². The molecule has 0 saturated carbocycles. The molecule has 0 saturated heterocycles. The molecular formula is C22H19NO2. The first kappa shape index (κ1) is 16.5. The maximum atomic E-state index is 11.2. The Hall–Kier alpha value is -3.33. The van der Waals surface area contributed by atoms with Crippen molar-refractivity contribution in [3.05, 3.63) is 91.0 Å². The van der Waals surface area contributed by atoms with E-state index in [2.05, 4.69) is 55.2 Å². The molecule has 3 aromatic carbocycles. The summed E-state index contributed by atoms with van der Waals surface area (Å²) in [6, 6.07) is 23.9. The first-order valence-electron chi connectivity index (χ1n) is 8.02. The Labute approximate surface area is 147 Å². The van der Waals surface area contributed by atoms with Gasteiger partial charge in [0.2, 0.25) is 0 Å². The van der Waals surface area contributed by atoms with Gasteiger partial charge in [-0.2, -0.15) is 0 Å². The van der Waals surface area contributed by atoms with Crippen molar-refractivity contribution in [2.75, 3.05) is 5.32 Å². The van der Waals surface area contributed by atoms with Crippen LogP contribution < -0.4 is 10.1 Å². The Bertz CT molecular complexity index is 863. The molecule has 3 nitrogen and oxygen atoms in total. The van der Waals surface area contributed by atoms with E-state index in [0.717, 1.165) is 28.6 Å². The topological polar surface area (TPSA) is 38.3 Å². The number of ether oxygens (including phenoxy) is 1. The van der Waals surface area contributed by atoms with Gasteiger partial charge in [-0.1, -0.05) is 48.5 Å². The number of carbonyl (C=O) groups excluding carboxylic acids is 1. The van der Waals surface area contributed by atoms with Crippen LogP contribution in [0.1, 0.15) is 5.56 Å². The van der Waals surface area contributed by atoms with Crippen LogP contribution in [0.3, 0.4) is 0 Å². The number of rotatable bonds is 5. The van der Waals surface area contributed by atoms with E-state index in [-0.39, 0.29) is 0 Å². The quantitative estimate of drug-likeness (QED) is 0.382. The molecule has 0 amide bonds. The minimum absolute atomic E-state index is 0.459. The van der Waals surface area contributed by atoms with E-state index in [4.69, 9.17) is 4.74 Å². The Morgan fingerprint density at radius 1 is 0.840 bits per heavy atom. The van der Waals surface area contributed by atoms with Crippen LogP contribution in [0.25, 0.3) is 11.1 Å². The van der Waals surface area contributed by atoms with Gasteiger partial charge in [-0.15, -0.1) is 0 Å². The zero-order valence-electron chi connectivity index (χ0n) is 14.0. The highest BCUT2D eigenvalue weighted by Gasteiger charge is 2.02. The van der Waals surface area contributed by atoms with E-state index in [1.54, 1.807) is 12.1 Å². The van der Waals surface area contributed by atoms with Gasteiger partial charge in [0, 0.05) is 17.5 Å². The molecule has 124 valence electrons. The van der Waals surface area contributed by atoms with Crippen molar-refractivity contribution in [2.45, 2.75) is 6.92 Å². The summed E-state index contributed by atoms with van der Waals surface area (Å²) < 4.78 is 5.08. The fourth-order valence-corrected chi connectivity index (χ4v) is 2.42. The molecule has 0 unspecified atom stereocenters. The highest BCUT2D eigenvalue weighted by atomic mass is 16.5. The zero-order valence-corrected chi connectivity index (χ0v) is 14.0. The highest BCUT2D eigenvalue weighted by Crippen LogP contribution is 2.25. The SMILES string of the molecule is C=CC(=O)Oc1ccc(-c2ccc(Nc3ccc(C)cc3)cc2)cc1. The number of nitrogens with one attached hydrogen (secondary N) is 1. The maximum Gasteiger partial charge on any atom is 0.335 e. The number of hydrogen-bond acceptors (Lipinski definition) is 3. The van der Waals surface area contributed by atoms with Crippen molar-refractivity contribution in [2.24, 2.45) is 0 Å². The highest BCUT2D eigenvalue weighted by molar-refractivity contribution is 5.83. The lowest BCUT2D eigenvalue weighted by atomic mass is 10.1. The molecule has 0 aliphatic rings. The molecule has 25 heavy (non-hydrogen) atoms. The van der Waals surface area contributed by atoms with E-state index < -0.39 is 5.97 Å². The smallest absolute Gasteiger partial charge is 0.335 e. The first-order chi connectivity index (χ1) is 12.1. The van der Waals surface area contributed by atoms with Gasteiger partial charge in [-0.3, -0.25) is 0 Å². The molecule has 0 spiro atoms. The van der Waals surface area contributed by atoms with Crippen LogP contribution in [0.15, 0.2) is 85.5 Å². The second kappa shape index (κ2) is 7.49. The number of aryl methyl sites for hydroxylation is 1. The van der Waals surface area contributed by atoms with E-state index in [1.807, 2.05) is 24.3 Å². The average Bonchev–Trinajstić information content (AvgIpc) is 2.65. The molecule has 3 heteroatoms.